The van der Waals surface area contributed by atoms with Crippen LogP contribution in [0, 0.1) is 0 Å². The van der Waals surface area contributed by atoms with E-state index >= 15 is 0 Å². The molecule has 2 aromatic carbocycles. The van der Waals surface area contributed by atoms with Crippen molar-refractivity contribution in [2.24, 2.45) is 0 Å². The molecule has 138 valence electrons. The summed E-state index contributed by atoms with van der Waals surface area (Å²) in [5, 5.41) is 2.56. The lowest BCUT2D eigenvalue weighted by molar-refractivity contribution is -0.154. The Morgan fingerprint density at radius 2 is 1.85 bits per heavy atom. The van der Waals surface area contributed by atoms with Crippen LogP contribution in [0.2, 0.25) is 0 Å². The maximum absolute atomic E-state index is 14.4. The SMILES string of the molecule is C=CCC(F)(F)[C@H](Nc1ccc(OC)cc1)C(=O)OCc1ccccc1. The molecule has 0 fully saturated rings. The average molecular weight is 361 g/mol. The van der Waals surface area contributed by atoms with Gasteiger partial charge in [0.25, 0.3) is 5.92 Å². The van der Waals surface area contributed by atoms with Crippen LogP contribution in [0.25, 0.3) is 0 Å². The average Bonchev–Trinajstić information content (AvgIpc) is 2.65. The number of benzene rings is 2. The van der Waals surface area contributed by atoms with Crippen LogP contribution in [0.4, 0.5) is 14.5 Å². The number of hydrogen-bond acceptors (Lipinski definition) is 4. The van der Waals surface area contributed by atoms with Crippen LogP contribution in [0.15, 0.2) is 67.3 Å². The number of halogens is 2. The Labute approximate surface area is 151 Å². The number of ether oxygens (including phenoxy) is 2. The minimum absolute atomic E-state index is 0.0787. The van der Waals surface area contributed by atoms with Crippen molar-refractivity contribution in [2.75, 3.05) is 12.4 Å². The van der Waals surface area contributed by atoms with E-state index in [9.17, 15) is 13.6 Å². The maximum Gasteiger partial charge on any atom is 0.335 e. The zero-order chi connectivity index (χ0) is 19.0. The van der Waals surface area contributed by atoms with E-state index in [2.05, 4.69) is 11.9 Å². The summed E-state index contributed by atoms with van der Waals surface area (Å²) in [6.07, 6.45) is 0.425. The van der Waals surface area contributed by atoms with Crippen molar-refractivity contribution in [3.63, 3.8) is 0 Å². The minimum Gasteiger partial charge on any atom is -0.497 e. The first-order valence-corrected chi connectivity index (χ1v) is 8.06. The fourth-order valence-electron chi connectivity index (χ4n) is 2.31. The Morgan fingerprint density at radius 3 is 2.42 bits per heavy atom. The molecule has 0 aliphatic heterocycles. The monoisotopic (exact) mass is 361 g/mol. The summed E-state index contributed by atoms with van der Waals surface area (Å²) in [6, 6.07) is 13.4. The molecular weight excluding hydrogens is 340 g/mol. The van der Waals surface area contributed by atoms with Crippen molar-refractivity contribution in [1.29, 1.82) is 0 Å². The predicted octanol–water partition coefficient (Wildman–Crippen LogP) is 4.43. The molecule has 0 saturated heterocycles. The molecule has 0 saturated carbocycles. The van der Waals surface area contributed by atoms with E-state index in [0.717, 1.165) is 11.6 Å². The van der Waals surface area contributed by atoms with Gasteiger partial charge in [-0.25, -0.2) is 13.6 Å². The molecule has 4 nitrogen and oxygen atoms in total. The van der Waals surface area contributed by atoms with Gasteiger partial charge in [-0.05, 0) is 29.8 Å². The zero-order valence-corrected chi connectivity index (χ0v) is 14.5. The fraction of sp³-hybridized carbons (Fsp3) is 0.250. The van der Waals surface area contributed by atoms with Crippen LogP contribution in [0.3, 0.4) is 0 Å². The highest BCUT2D eigenvalue weighted by atomic mass is 19.3. The molecule has 1 atom stereocenters. The van der Waals surface area contributed by atoms with Crippen molar-refractivity contribution in [3.8, 4) is 5.75 Å². The third-order valence-corrected chi connectivity index (χ3v) is 3.70. The van der Waals surface area contributed by atoms with E-state index in [1.54, 1.807) is 48.5 Å². The van der Waals surface area contributed by atoms with Gasteiger partial charge in [0.15, 0.2) is 6.04 Å². The standard InChI is InChI=1S/C20H21F2NO3/c1-3-13-20(21,22)18(23-16-9-11-17(25-2)12-10-16)19(24)26-14-15-7-5-4-6-8-15/h3-12,18,23H,1,13-14H2,2H3/t18-/m1/s1. The second-order valence-corrected chi connectivity index (χ2v) is 5.65. The molecule has 0 spiro atoms. The number of carbonyl (C=O) groups is 1. The highest BCUT2D eigenvalue weighted by Gasteiger charge is 2.44. The van der Waals surface area contributed by atoms with E-state index in [-0.39, 0.29) is 6.61 Å². The number of rotatable bonds is 9. The molecule has 26 heavy (non-hydrogen) atoms. The molecule has 2 rings (SSSR count). The van der Waals surface area contributed by atoms with E-state index in [0.29, 0.717) is 11.4 Å². The van der Waals surface area contributed by atoms with Gasteiger partial charge in [-0.2, -0.15) is 0 Å². The van der Waals surface area contributed by atoms with Crippen molar-refractivity contribution in [1.82, 2.24) is 0 Å². The molecule has 0 aliphatic carbocycles. The van der Waals surface area contributed by atoms with Crippen LogP contribution in [0.1, 0.15) is 12.0 Å². The first-order valence-electron chi connectivity index (χ1n) is 8.06. The smallest absolute Gasteiger partial charge is 0.335 e. The number of nitrogens with one attached hydrogen (secondary N) is 1. The fourth-order valence-corrected chi connectivity index (χ4v) is 2.31. The van der Waals surface area contributed by atoms with Gasteiger partial charge in [0, 0.05) is 12.1 Å². The van der Waals surface area contributed by atoms with Crippen LogP contribution in [-0.2, 0) is 16.1 Å². The molecule has 2 aromatic rings. The van der Waals surface area contributed by atoms with Crippen LogP contribution < -0.4 is 10.1 Å². The minimum atomic E-state index is -3.35. The maximum atomic E-state index is 14.4. The van der Waals surface area contributed by atoms with Crippen LogP contribution in [0.5, 0.6) is 5.75 Å². The first-order chi connectivity index (χ1) is 12.5. The molecular formula is C20H21F2NO3. The van der Waals surface area contributed by atoms with Gasteiger partial charge in [0.05, 0.1) is 7.11 Å². The Bertz CT molecular complexity index is 718. The van der Waals surface area contributed by atoms with E-state index in [1.807, 2.05) is 6.07 Å². The molecule has 0 radical (unpaired) electrons. The number of anilines is 1. The number of methoxy groups -OCH3 is 1. The Morgan fingerprint density at radius 1 is 1.19 bits per heavy atom. The van der Waals surface area contributed by atoms with Crippen LogP contribution >= 0.6 is 0 Å². The Hall–Kier alpha value is -2.89. The zero-order valence-electron chi connectivity index (χ0n) is 14.5. The molecule has 0 bridgehead atoms. The van der Waals surface area contributed by atoms with E-state index < -0.39 is 24.4 Å². The molecule has 6 heteroatoms. The Kier molecular flexibility index (Phi) is 6.72. The van der Waals surface area contributed by atoms with Crippen molar-refractivity contribution < 1.29 is 23.0 Å². The quantitative estimate of drug-likeness (QED) is 0.530. The number of esters is 1. The first kappa shape index (κ1) is 19.4. The molecule has 0 unspecified atom stereocenters. The number of allylic oxidation sites excluding steroid dienone is 1. The summed E-state index contributed by atoms with van der Waals surface area (Å²) in [7, 11) is 1.50. The lowest BCUT2D eigenvalue weighted by Crippen LogP contribution is -2.46. The third-order valence-electron chi connectivity index (χ3n) is 3.70. The van der Waals surface area contributed by atoms with Gasteiger partial charge < -0.3 is 14.8 Å². The van der Waals surface area contributed by atoms with Crippen molar-refractivity contribution >= 4 is 11.7 Å². The summed E-state index contributed by atoms with van der Waals surface area (Å²) in [5.74, 6) is -3.80. The molecule has 0 aromatic heterocycles. The Balaban J connectivity index is 2.13. The topological polar surface area (TPSA) is 47.6 Å². The van der Waals surface area contributed by atoms with E-state index in [4.69, 9.17) is 9.47 Å². The van der Waals surface area contributed by atoms with E-state index in [1.165, 1.54) is 7.11 Å². The number of alkyl halides is 2. The number of hydrogen-bond donors (Lipinski definition) is 1. The summed E-state index contributed by atoms with van der Waals surface area (Å²) < 4.78 is 39.0. The molecule has 0 heterocycles. The largest absolute Gasteiger partial charge is 0.497 e. The molecule has 0 amide bonds. The molecule has 1 N–H and O–H groups in total. The van der Waals surface area contributed by atoms with Gasteiger partial charge in [0.2, 0.25) is 0 Å². The predicted molar refractivity (Wildman–Crippen MR) is 96.4 cm³/mol. The van der Waals surface area contributed by atoms with Gasteiger partial charge in [-0.1, -0.05) is 36.4 Å². The lowest BCUT2D eigenvalue weighted by atomic mass is 10.1. The third kappa shape index (κ3) is 5.31. The van der Waals surface area contributed by atoms with Gasteiger partial charge in [-0.3, -0.25) is 0 Å². The second-order valence-electron chi connectivity index (χ2n) is 5.65. The lowest BCUT2D eigenvalue weighted by Gasteiger charge is -2.26. The van der Waals surface area contributed by atoms with Gasteiger partial charge in [0.1, 0.15) is 12.4 Å². The normalized spacial score (nSPS) is 12.1. The summed E-state index contributed by atoms with van der Waals surface area (Å²) in [4.78, 5) is 12.3. The second kappa shape index (κ2) is 8.99. The summed E-state index contributed by atoms with van der Waals surface area (Å²) >= 11 is 0. The van der Waals surface area contributed by atoms with Gasteiger partial charge in [-0.15, -0.1) is 6.58 Å². The van der Waals surface area contributed by atoms with Crippen molar-refractivity contribution in [3.05, 3.63) is 72.8 Å². The molecule has 0 aliphatic rings. The summed E-state index contributed by atoms with van der Waals surface area (Å²) in [5.41, 5.74) is 1.08. The van der Waals surface area contributed by atoms with Crippen molar-refractivity contribution in [2.45, 2.75) is 25.0 Å². The highest BCUT2D eigenvalue weighted by Crippen LogP contribution is 2.28. The number of carbonyl (C=O) groups excluding carboxylic acids is 1. The van der Waals surface area contributed by atoms with Gasteiger partial charge >= 0.3 is 5.97 Å². The van der Waals surface area contributed by atoms with Crippen LogP contribution in [-0.4, -0.2) is 25.0 Å². The highest BCUT2D eigenvalue weighted by molar-refractivity contribution is 5.80. The summed E-state index contributed by atoms with van der Waals surface area (Å²) in [6.45, 7) is 3.26.